The molecule has 0 aliphatic heterocycles. The molecule has 0 radical (unpaired) electrons. The Labute approximate surface area is 144 Å². The topological polar surface area (TPSA) is 112 Å². The number of hydrogen-bond acceptors (Lipinski definition) is 7. The van der Waals surface area contributed by atoms with Crippen molar-refractivity contribution in [3.63, 3.8) is 0 Å². The van der Waals surface area contributed by atoms with Crippen LogP contribution in [-0.4, -0.2) is 5.78 Å². The van der Waals surface area contributed by atoms with Gasteiger partial charge < -0.3 is 0 Å². The molecule has 0 bridgehead atoms. The van der Waals surface area contributed by atoms with Gasteiger partial charge in [0.2, 0.25) is 0 Å². The number of nitriles is 4. The number of carbonyl (C=O) groups excluding carboxylic acids is 1. The highest BCUT2D eigenvalue weighted by atomic mass is 32.1. The molecule has 0 aromatic carbocycles. The van der Waals surface area contributed by atoms with Crippen LogP contribution >= 0.6 is 22.7 Å². The largest absolute Gasteiger partial charge is 0.288 e. The summed E-state index contributed by atoms with van der Waals surface area (Å²) in [6.07, 6.45) is 0. The molecule has 3 rings (SSSR count). The van der Waals surface area contributed by atoms with Crippen LogP contribution in [0.4, 0.5) is 0 Å². The number of hydrogen-bond donors (Lipinski definition) is 0. The van der Waals surface area contributed by atoms with E-state index >= 15 is 0 Å². The van der Waals surface area contributed by atoms with Crippen molar-refractivity contribution in [3.8, 4) is 24.3 Å². The van der Waals surface area contributed by atoms with Crippen LogP contribution < -0.4 is 9.06 Å². The molecule has 2 heterocycles. The van der Waals surface area contributed by atoms with Crippen LogP contribution in [0.5, 0.6) is 0 Å². The summed E-state index contributed by atoms with van der Waals surface area (Å²) in [4.78, 5) is 12.8. The highest BCUT2D eigenvalue weighted by Crippen LogP contribution is 2.29. The Bertz CT molecular complexity index is 1190. The second-order valence-corrected chi connectivity index (χ2v) is 7.09. The van der Waals surface area contributed by atoms with Gasteiger partial charge in [0.15, 0.2) is 5.78 Å². The Morgan fingerprint density at radius 3 is 1.38 bits per heavy atom. The van der Waals surface area contributed by atoms with Crippen molar-refractivity contribution < 1.29 is 4.79 Å². The number of carbonyl (C=O) groups is 1. The Morgan fingerprint density at radius 1 is 0.750 bits per heavy atom. The molecule has 0 amide bonds. The average molecular weight is 346 g/mol. The first kappa shape index (κ1) is 15.7. The predicted octanol–water partition coefficient (Wildman–Crippen LogP) is 1.65. The van der Waals surface area contributed by atoms with E-state index in [-0.39, 0.29) is 16.9 Å². The van der Waals surface area contributed by atoms with E-state index in [0.717, 1.165) is 0 Å². The fourth-order valence-electron chi connectivity index (χ4n) is 2.75. The van der Waals surface area contributed by atoms with Crippen LogP contribution in [0.1, 0.15) is 27.0 Å². The zero-order valence-electron chi connectivity index (χ0n) is 12.5. The fourth-order valence-corrected chi connectivity index (χ4v) is 5.39. The van der Waals surface area contributed by atoms with Crippen LogP contribution in [0, 0.1) is 68.2 Å². The summed E-state index contributed by atoms with van der Waals surface area (Å²) >= 11 is 2.47. The smallest absolute Gasteiger partial charge is 0.196 e. The molecule has 0 saturated heterocycles. The summed E-state index contributed by atoms with van der Waals surface area (Å²) in [5.74, 6) is -0.176. The molecule has 1 aliphatic carbocycles. The lowest BCUT2D eigenvalue weighted by Gasteiger charge is -1.96. The van der Waals surface area contributed by atoms with E-state index < -0.39 is 0 Å². The SMILES string of the molecule is Cc1c2c(sc1=C(C#N)C#N)=c1sc(=C(C#N)C#N)c(C)c1C2=O. The minimum atomic E-state index is -0.176. The molecule has 0 atom stereocenters. The lowest BCUT2D eigenvalue weighted by Crippen LogP contribution is -2.10. The molecule has 0 unspecified atom stereocenters. The van der Waals surface area contributed by atoms with Gasteiger partial charge in [-0.3, -0.25) is 4.79 Å². The van der Waals surface area contributed by atoms with Crippen LogP contribution in [0.15, 0.2) is 0 Å². The minimum absolute atomic E-state index is 0.0175. The standard InChI is InChI=1S/C17H6N4OS2/c1-7-11-13(22)12-8(2)15(10(5-20)6-21)24-17(12)16(11)23-14(7)9(3-18)4-19/h1-2H3. The third-order valence-corrected chi connectivity index (χ3v) is 6.64. The second-order valence-electron chi connectivity index (χ2n) is 5.05. The lowest BCUT2D eigenvalue weighted by molar-refractivity contribution is 0.104. The first-order valence-corrected chi connectivity index (χ1v) is 8.30. The van der Waals surface area contributed by atoms with Gasteiger partial charge in [-0.1, -0.05) is 0 Å². The molecule has 0 saturated carbocycles. The molecule has 0 fully saturated rings. The number of ketones is 1. The Hall–Kier alpha value is -3.23. The Balaban J connectivity index is 2.66. The first-order chi connectivity index (χ1) is 11.5. The molecule has 24 heavy (non-hydrogen) atoms. The third kappa shape index (κ3) is 1.84. The molecular formula is C17H6N4OS2. The molecule has 2 aromatic rings. The van der Waals surface area contributed by atoms with Gasteiger partial charge in [-0.2, -0.15) is 21.0 Å². The monoisotopic (exact) mass is 346 g/mol. The zero-order chi connectivity index (χ0) is 17.6. The summed E-state index contributed by atoms with van der Waals surface area (Å²) in [5.41, 5.74) is 2.26. The van der Waals surface area contributed by atoms with E-state index in [2.05, 4.69) is 0 Å². The number of rotatable bonds is 0. The van der Waals surface area contributed by atoms with E-state index in [0.29, 0.717) is 40.4 Å². The van der Waals surface area contributed by atoms with Crippen molar-refractivity contribution in [1.29, 1.82) is 21.0 Å². The van der Waals surface area contributed by atoms with Gasteiger partial charge in [-0.15, -0.1) is 22.7 Å². The van der Waals surface area contributed by atoms with Crippen molar-refractivity contribution in [1.82, 2.24) is 0 Å². The third-order valence-electron chi connectivity index (χ3n) is 3.86. The Morgan fingerprint density at radius 2 is 1.08 bits per heavy atom. The Kier molecular flexibility index (Phi) is 3.55. The van der Waals surface area contributed by atoms with Crippen LogP contribution in [0.3, 0.4) is 0 Å². The predicted molar refractivity (Wildman–Crippen MR) is 87.7 cm³/mol. The van der Waals surface area contributed by atoms with E-state index in [4.69, 9.17) is 21.0 Å². The van der Waals surface area contributed by atoms with Gasteiger partial charge in [-0.05, 0) is 25.0 Å². The van der Waals surface area contributed by atoms with E-state index in [1.54, 1.807) is 13.8 Å². The zero-order valence-corrected chi connectivity index (χ0v) is 14.1. The quantitative estimate of drug-likeness (QED) is 0.614. The molecule has 7 heteroatoms. The maximum atomic E-state index is 12.8. The molecule has 112 valence electrons. The number of thiophene rings is 2. The maximum absolute atomic E-state index is 12.8. The summed E-state index contributed by atoms with van der Waals surface area (Å²) in [7, 11) is 0. The van der Waals surface area contributed by atoms with E-state index in [1.807, 2.05) is 24.3 Å². The molecule has 0 N–H and O–H groups in total. The first-order valence-electron chi connectivity index (χ1n) is 6.67. The van der Waals surface area contributed by atoms with Gasteiger partial charge in [-0.25, -0.2) is 0 Å². The summed E-state index contributed by atoms with van der Waals surface area (Å²) in [6.45, 7) is 3.46. The molecule has 5 nitrogen and oxygen atoms in total. The summed E-state index contributed by atoms with van der Waals surface area (Å²) in [5, 5.41) is 36.3. The highest BCUT2D eigenvalue weighted by Gasteiger charge is 2.29. The van der Waals surface area contributed by atoms with Crippen LogP contribution in [-0.2, 0) is 0 Å². The van der Waals surface area contributed by atoms with Crippen LogP contribution in [0.25, 0.3) is 11.1 Å². The van der Waals surface area contributed by atoms with Crippen LogP contribution in [0.2, 0.25) is 0 Å². The maximum Gasteiger partial charge on any atom is 0.196 e. The fraction of sp³-hybridized carbons (Fsp3) is 0.118. The molecule has 0 spiro atoms. The summed E-state index contributed by atoms with van der Waals surface area (Å²) < 4.78 is 2.42. The van der Waals surface area contributed by atoms with Crippen molar-refractivity contribution >= 4 is 39.6 Å². The average Bonchev–Trinajstić information content (AvgIpc) is 3.17. The number of fused-ring (bicyclic) bond motifs is 2. The van der Waals surface area contributed by atoms with Gasteiger partial charge >= 0.3 is 0 Å². The van der Waals surface area contributed by atoms with Crippen molar-refractivity contribution in [2.45, 2.75) is 13.8 Å². The van der Waals surface area contributed by atoms with Gasteiger partial charge in [0.05, 0.1) is 18.1 Å². The van der Waals surface area contributed by atoms with Gasteiger partial charge in [0.1, 0.15) is 35.4 Å². The lowest BCUT2D eigenvalue weighted by atomic mass is 10.0. The van der Waals surface area contributed by atoms with Gasteiger partial charge in [0.25, 0.3) is 0 Å². The number of nitrogens with zero attached hydrogens (tertiary/aromatic N) is 4. The van der Waals surface area contributed by atoms with Crippen molar-refractivity contribution in [3.05, 3.63) is 40.4 Å². The molecule has 2 aromatic heterocycles. The van der Waals surface area contributed by atoms with Gasteiger partial charge in [0, 0.05) is 11.1 Å². The summed E-state index contributed by atoms with van der Waals surface area (Å²) in [6, 6.07) is 7.43. The van der Waals surface area contributed by atoms with Crippen molar-refractivity contribution in [2.75, 3.05) is 0 Å². The van der Waals surface area contributed by atoms with Crippen molar-refractivity contribution in [2.24, 2.45) is 0 Å². The minimum Gasteiger partial charge on any atom is -0.288 e. The normalized spacial score (nSPS) is 10.8. The molecule has 1 aliphatic rings. The highest BCUT2D eigenvalue weighted by molar-refractivity contribution is 7.12. The van der Waals surface area contributed by atoms with E-state index in [1.165, 1.54) is 22.7 Å². The second kappa shape index (κ2) is 5.44. The van der Waals surface area contributed by atoms with E-state index in [9.17, 15) is 4.79 Å². The molecular weight excluding hydrogens is 340 g/mol.